The van der Waals surface area contributed by atoms with Crippen LogP contribution in [-0.2, 0) is 12.8 Å². The molecule has 146 valence electrons. The van der Waals surface area contributed by atoms with Crippen molar-refractivity contribution in [3.8, 4) is 11.1 Å². The first-order chi connectivity index (χ1) is 14.7. The molecule has 0 unspecified atom stereocenters. The maximum Gasteiger partial charge on any atom is 0.271 e. The number of allylic oxidation sites excluding steroid dienone is 2. The van der Waals surface area contributed by atoms with Crippen LogP contribution in [0.25, 0.3) is 16.7 Å². The topological polar surface area (TPSA) is 34.9 Å². The molecule has 4 aromatic rings. The minimum Gasteiger partial charge on any atom is -0.267 e. The van der Waals surface area contributed by atoms with Crippen molar-refractivity contribution in [1.82, 2.24) is 9.78 Å². The number of hydrogen-bond donors (Lipinski definition) is 0. The van der Waals surface area contributed by atoms with Gasteiger partial charge in [0.15, 0.2) is 0 Å². The van der Waals surface area contributed by atoms with Gasteiger partial charge in [-0.25, -0.2) is 0 Å². The van der Waals surface area contributed by atoms with E-state index in [1.165, 1.54) is 11.1 Å². The minimum absolute atomic E-state index is 0.0808. The standard InChI is InChI=1S/C27H22N2O/c1-19-12-14-22(15-13-19)27-24(16-20-8-4-2-5-9-20)28-29-25(27)17-23(18-26(29)30)21-10-6-3-7-11-21/h2-15,18H,16-17H2,1H3. The zero-order valence-electron chi connectivity index (χ0n) is 16.9. The van der Waals surface area contributed by atoms with Crippen LogP contribution >= 0.6 is 0 Å². The number of aromatic nitrogens is 2. The van der Waals surface area contributed by atoms with Gasteiger partial charge in [0.05, 0.1) is 11.4 Å². The summed E-state index contributed by atoms with van der Waals surface area (Å²) in [6.07, 6.45) is 3.10. The third-order valence-corrected chi connectivity index (χ3v) is 5.62. The highest BCUT2D eigenvalue weighted by Gasteiger charge is 2.27. The number of hydrogen-bond acceptors (Lipinski definition) is 2. The molecule has 0 aliphatic carbocycles. The number of nitrogens with zero attached hydrogens (tertiary/aromatic N) is 2. The lowest BCUT2D eigenvalue weighted by Crippen LogP contribution is -2.19. The van der Waals surface area contributed by atoms with Gasteiger partial charge in [-0.1, -0.05) is 90.5 Å². The van der Waals surface area contributed by atoms with Crippen LogP contribution in [0.15, 0.2) is 91.0 Å². The van der Waals surface area contributed by atoms with E-state index in [-0.39, 0.29) is 5.91 Å². The molecule has 0 saturated carbocycles. The predicted octanol–water partition coefficient (Wildman–Crippen LogP) is 5.73. The van der Waals surface area contributed by atoms with Gasteiger partial charge in [0.1, 0.15) is 0 Å². The third kappa shape index (κ3) is 3.39. The van der Waals surface area contributed by atoms with Crippen molar-refractivity contribution in [3.05, 3.63) is 119 Å². The Hall–Kier alpha value is -3.72. The van der Waals surface area contributed by atoms with Crippen molar-refractivity contribution in [2.75, 3.05) is 0 Å². The largest absolute Gasteiger partial charge is 0.271 e. The highest BCUT2D eigenvalue weighted by atomic mass is 16.2. The van der Waals surface area contributed by atoms with Crippen LogP contribution in [0.4, 0.5) is 0 Å². The normalized spacial score (nSPS) is 13.1. The van der Waals surface area contributed by atoms with E-state index in [2.05, 4.69) is 55.5 Å². The average molecular weight is 390 g/mol. The van der Waals surface area contributed by atoms with Crippen LogP contribution in [0.5, 0.6) is 0 Å². The van der Waals surface area contributed by atoms with E-state index in [0.717, 1.165) is 33.7 Å². The zero-order valence-corrected chi connectivity index (χ0v) is 16.9. The summed E-state index contributed by atoms with van der Waals surface area (Å²) in [5.41, 5.74) is 8.61. The summed E-state index contributed by atoms with van der Waals surface area (Å²) in [5, 5.41) is 4.78. The molecule has 30 heavy (non-hydrogen) atoms. The summed E-state index contributed by atoms with van der Waals surface area (Å²) >= 11 is 0. The molecule has 0 N–H and O–H groups in total. The van der Waals surface area contributed by atoms with E-state index < -0.39 is 0 Å². The molecule has 0 bridgehead atoms. The number of carbonyl (C=O) groups excluding carboxylic acids is 1. The Bertz CT molecular complexity index is 1230. The summed E-state index contributed by atoms with van der Waals surface area (Å²) in [5.74, 6) is -0.0808. The Balaban J connectivity index is 1.64. The molecular formula is C27H22N2O. The van der Waals surface area contributed by atoms with Gasteiger partial charge >= 0.3 is 0 Å². The highest BCUT2D eigenvalue weighted by Crippen LogP contribution is 2.35. The van der Waals surface area contributed by atoms with Crippen LogP contribution in [0.3, 0.4) is 0 Å². The number of fused-ring (bicyclic) bond motifs is 1. The van der Waals surface area contributed by atoms with Crippen molar-refractivity contribution >= 4 is 11.5 Å². The van der Waals surface area contributed by atoms with Gasteiger partial charge in [-0.15, -0.1) is 0 Å². The van der Waals surface area contributed by atoms with Crippen molar-refractivity contribution in [3.63, 3.8) is 0 Å². The second-order valence-electron chi connectivity index (χ2n) is 7.76. The van der Waals surface area contributed by atoms with Crippen molar-refractivity contribution in [2.45, 2.75) is 19.8 Å². The summed E-state index contributed by atoms with van der Waals surface area (Å²) in [6, 6.07) is 28.9. The fraction of sp³-hybridized carbons (Fsp3) is 0.111. The maximum absolute atomic E-state index is 13.0. The minimum atomic E-state index is -0.0808. The van der Waals surface area contributed by atoms with E-state index in [1.807, 2.05) is 36.4 Å². The van der Waals surface area contributed by atoms with Gasteiger partial charge in [-0.3, -0.25) is 4.79 Å². The monoisotopic (exact) mass is 390 g/mol. The summed E-state index contributed by atoms with van der Waals surface area (Å²) in [4.78, 5) is 13.0. The van der Waals surface area contributed by atoms with Gasteiger partial charge in [-0.05, 0) is 29.2 Å². The fourth-order valence-corrected chi connectivity index (χ4v) is 4.09. The Kier molecular flexibility index (Phi) is 4.64. The number of benzene rings is 3. The first-order valence-corrected chi connectivity index (χ1v) is 10.2. The number of carbonyl (C=O) groups is 1. The van der Waals surface area contributed by atoms with Crippen LogP contribution in [0.2, 0.25) is 0 Å². The lowest BCUT2D eigenvalue weighted by atomic mass is 9.92. The van der Waals surface area contributed by atoms with Crippen molar-refractivity contribution in [1.29, 1.82) is 0 Å². The summed E-state index contributed by atoms with van der Waals surface area (Å²) < 4.78 is 1.60. The van der Waals surface area contributed by atoms with E-state index in [4.69, 9.17) is 5.10 Å². The quantitative estimate of drug-likeness (QED) is 0.446. The molecule has 3 aromatic carbocycles. The zero-order chi connectivity index (χ0) is 20.5. The molecule has 0 amide bonds. The second kappa shape index (κ2) is 7.60. The molecule has 1 aliphatic heterocycles. The molecule has 0 atom stereocenters. The maximum atomic E-state index is 13.0. The fourth-order valence-electron chi connectivity index (χ4n) is 4.09. The Labute approximate surface area is 176 Å². The van der Waals surface area contributed by atoms with Gasteiger partial charge in [0.2, 0.25) is 0 Å². The number of rotatable bonds is 4. The van der Waals surface area contributed by atoms with Gasteiger partial charge in [-0.2, -0.15) is 9.78 Å². The van der Waals surface area contributed by atoms with E-state index >= 15 is 0 Å². The molecule has 0 spiro atoms. The SMILES string of the molecule is Cc1ccc(-c2c(Cc3ccccc3)nn3c2CC(c2ccccc2)=CC3=O)cc1. The number of aryl methyl sites for hydroxylation is 1. The Morgan fingerprint density at radius 1 is 0.833 bits per heavy atom. The van der Waals surface area contributed by atoms with Gasteiger partial charge in [0, 0.05) is 24.5 Å². The molecule has 1 aliphatic rings. The highest BCUT2D eigenvalue weighted by molar-refractivity contribution is 6.00. The van der Waals surface area contributed by atoms with Crippen LogP contribution in [0, 0.1) is 6.92 Å². The lowest BCUT2D eigenvalue weighted by molar-refractivity contribution is 0.0948. The van der Waals surface area contributed by atoms with Crippen molar-refractivity contribution in [2.24, 2.45) is 0 Å². The lowest BCUT2D eigenvalue weighted by Gasteiger charge is -2.16. The van der Waals surface area contributed by atoms with Crippen LogP contribution < -0.4 is 0 Å². The van der Waals surface area contributed by atoms with Gasteiger partial charge < -0.3 is 0 Å². The molecule has 5 rings (SSSR count). The molecule has 0 fully saturated rings. The first kappa shape index (κ1) is 18.3. The Morgan fingerprint density at radius 3 is 2.20 bits per heavy atom. The average Bonchev–Trinajstić information content (AvgIpc) is 3.14. The Morgan fingerprint density at radius 2 is 1.50 bits per heavy atom. The first-order valence-electron chi connectivity index (χ1n) is 10.2. The molecule has 0 saturated heterocycles. The predicted molar refractivity (Wildman–Crippen MR) is 120 cm³/mol. The van der Waals surface area contributed by atoms with Gasteiger partial charge in [0.25, 0.3) is 5.91 Å². The molecule has 3 nitrogen and oxygen atoms in total. The molecule has 2 heterocycles. The summed E-state index contributed by atoms with van der Waals surface area (Å²) in [7, 11) is 0. The van der Waals surface area contributed by atoms with Crippen LogP contribution in [0.1, 0.15) is 32.9 Å². The molecule has 3 heteroatoms. The third-order valence-electron chi connectivity index (χ3n) is 5.62. The molecular weight excluding hydrogens is 368 g/mol. The smallest absolute Gasteiger partial charge is 0.267 e. The van der Waals surface area contributed by atoms with E-state index in [9.17, 15) is 4.79 Å². The second-order valence-corrected chi connectivity index (χ2v) is 7.76. The van der Waals surface area contributed by atoms with E-state index in [1.54, 1.807) is 10.8 Å². The molecule has 0 radical (unpaired) electrons. The van der Waals surface area contributed by atoms with Crippen molar-refractivity contribution < 1.29 is 4.79 Å². The van der Waals surface area contributed by atoms with Crippen LogP contribution in [-0.4, -0.2) is 15.7 Å². The van der Waals surface area contributed by atoms with E-state index in [0.29, 0.717) is 12.8 Å². The molecule has 1 aromatic heterocycles. The summed E-state index contributed by atoms with van der Waals surface area (Å²) in [6.45, 7) is 2.09.